The third-order valence-corrected chi connectivity index (χ3v) is 5.91. The van der Waals surface area contributed by atoms with Gasteiger partial charge in [0, 0.05) is 34.6 Å². The second-order valence-corrected chi connectivity index (χ2v) is 7.68. The first-order chi connectivity index (χ1) is 12.2. The second-order valence-electron chi connectivity index (χ2n) is 5.91. The monoisotopic (exact) mass is 417 g/mol. The van der Waals surface area contributed by atoms with Gasteiger partial charge in [0.1, 0.15) is 17.7 Å². The van der Waals surface area contributed by atoms with Gasteiger partial charge in [-0.1, -0.05) is 34.1 Å². The molecule has 0 amide bonds. The number of piperidine rings is 1. The van der Waals surface area contributed by atoms with Gasteiger partial charge in [0.15, 0.2) is 0 Å². The van der Waals surface area contributed by atoms with Crippen molar-refractivity contribution in [3.63, 3.8) is 0 Å². The largest absolute Gasteiger partial charge is 0.374 e. The molecule has 1 heterocycles. The molecule has 3 nitrogen and oxygen atoms in total. The quantitative estimate of drug-likeness (QED) is 0.522. The minimum Gasteiger partial charge on any atom is -0.374 e. The van der Waals surface area contributed by atoms with Crippen molar-refractivity contribution < 1.29 is 9.53 Å². The van der Waals surface area contributed by atoms with Crippen molar-refractivity contribution in [3.8, 4) is 0 Å². The third-order valence-electron chi connectivity index (χ3n) is 4.61. The molecule has 0 saturated carbocycles. The van der Waals surface area contributed by atoms with E-state index in [9.17, 15) is 4.79 Å². The summed E-state index contributed by atoms with van der Waals surface area (Å²) in [5.74, 6) is 2.28. The standard InChI is InChI=1S/C20H20BrNO2S/c1-24-20-16(17-12-14(21)8-9-19(17)25-2)10-11-22(18(20)13-23)15-6-4-3-5-7-15/h3-9,12,16,20H,10-11H2,1-2H3. The fourth-order valence-electron chi connectivity index (χ4n) is 3.46. The molecular weight excluding hydrogens is 398 g/mol. The zero-order valence-corrected chi connectivity index (χ0v) is 16.6. The van der Waals surface area contributed by atoms with E-state index in [2.05, 4.69) is 40.3 Å². The SMILES string of the molecule is COC1C(=C=O)N(c2ccccc2)CCC1c1cc(Br)ccc1SC. The molecule has 1 saturated heterocycles. The summed E-state index contributed by atoms with van der Waals surface area (Å²) >= 11 is 5.29. The summed E-state index contributed by atoms with van der Waals surface area (Å²) in [4.78, 5) is 15.1. The van der Waals surface area contributed by atoms with Crippen LogP contribution in [0.3, 0.4) is 0 Å². The number of halogens is 1. The summed E-state index contributed by atoms with van der Waals surface area (Å²) in [5.41, 5.74) is 2.78. The second kappa shape index (κ2) is 8.24. The lowest BCUT2D eigenvalue weighted by molar-refractivity contribution is 0.0945. The molecule has 130 valence electrons. The highest BCUT2D eigenvalue weighted by Crippen LogP contribution is 2.41. The number of hydrogen-bond acceptors (Lipinski definition) is 4. The number of thioether (sulfide) groups is 1. The van der Waals surface area contributed by atoms with Crippen LogP contribution in [-0.2, 0) is 9.53 Å². The van der Waals surface area contributed by atoms with Gasteiger partial charge in [-0.2, -0.15) is 0 Å². The lowest BCUT2D eigenvalue weighted by Gasteiger charge is -2.40. The van der Waals surface area contributed by atoms with Gasteiger partial charge in [0.25, 0.3) is 0 Å². The predicted octanol–water partition coefficient (Wildman–Crippen LogP) is 4.90. The van der Waals surface area contributed by atoms with Crippen LogP contribution in [0.5, 0.6) is 0 Å². The Morgan fingerprint density at radius 2 is 2.00 bits per heavy atom. The molecule has 1 fully saturated rings. The highest BCUT2D eigenvalue weighted by atomic mass is 79.9. The highest BCUT2D eigenvalue weighted by Gasteiger charge is 2.37. The third kappa shape index (κ3) is 3.70. The molecule has 1 aliphatic heterocycles. The van der Waals surface area contributed by atoms with Gasteiger partial charge in [-0.05, 0) is 48.6 Å². The lowest BCUT2D eigenvalue weighted by Crippen LogP contribution is -2.42. The maximum absolute atomic E-state index is 11.8. The molecule has 0 bridgehead atoms. The van der Waals surface area contributed by atoms with Crippen molar-refractivity contribution >= 4 is 39.3 Å². The van der Waals surface area contributed by atoms with Gasteiger partial charge in [-0.15, -0.1) is 11.8 Å². The van der Waals surface area contributed by atoms with Crippen LogP contribution in [0, 0.1) is 0 Å². The van der Waals surface area contributed by atoms with Crippen molar-refractivity contribution in [2.45, 2.75) is 23.3 Å². The Kier molecular flexibility index (Phi) is 6.02. The van der Waals surface area contributed by atoms with E-state index in [-0.39, 0.29) is 12.0 Å². The minimum atomic E-state index is -0.313. The summed E-state index contributed by atoms with van der Waals surface area (Å²) in [5, 5.41) is 0. The Labute approximate surface area is 161 Å². The van der Waals surface area contributed by atoms with Crippen LogP contribution in [0.1, 0.15) is 17.9 Å². The number of para-hydroxylation sites is 1. The molecule has 0 spiro atoms. The van der Waals surface area contributed by atoms with Crippen LogP contribution in [0.15, 0.2) is 63.6 Å². The Morgan fingerprint density at radius 3 is 2.64 bits per heavy atom. The Bertz CT molecular complexity index is 790. The van der Waals surface area contributed by atoms with Crippen LogP contribution in [0.2, 0.25) is 0 Å². The van der Waals surface area contributed by atoms with Crippen LogP contribution in [0.25, 0.3) is 0 Å². The molecule has 2 aromatic rings. The zero-order valence-electron chi connectivity index (χ0n) is 14.2. The van der Waals surface area contributed by atoms with Crippen molar-refractivity contribution in [1.29, 1.82) is 0 Å². The summed E-state index contributed by atoms with van der Waals surface area (Å²) in [6, 6.07) is 16.3. The molecule has 0 radical (unpaired) electrons. The van der Waals surface area contributed by atoms with Crippen LogP contribution < -0.4 is 4.90 Å². The molecular formula is C20H20BrNO2S. The number of nitrogens with zero attached hydrogens (tertiary/aromatic N) is 1. The van der Waals surface area contributed by atoms with Crippen LogP contribution in [0.4, 0.5) is 5.69 Å². The van der Waals surface area contributed by atoms with Gasteiger partial charge in [0.2, 0.25) is 0 Å². The summed E-state index contributed by atoms with van der Waals surface area (Å²) in [6.45, 7) is 0.763. The maximum atomic E-state index is 11.8. The Hall–Kier alpha value is -1.52. The molecule has 2 aromatic carbocycles. The van der Waals surface area contributed by atoms with E-state index in [0.717, 1.165) is 23.1 Å². The predicted molar refractivity (Wildman–Crippen MR) is 107 cm³/mol. The number of methoxy groups -OCH3 is 1. The Balaban J connectivity index is 2.00. The van der Waals surface area contributed by atoms with Gasteiger partial charge in [-0.3, -0.25) is 0 Å². The fraction of sp³-hybridized carbons (Fsp3) is 0.300. The Morgan fingerprint density at radius 1 is 1.24 bits per heavy atom. The normalized spacial score (nSPS) is 20.4. The van der Waals surface area contributed by atoms with Gasteiger partial charge in [-0.25, -0.2) is 4.79 Å². The molecule has 3 rings (SSSR count). The topological polar surface area (TPSA) is 29.5 Å². The highest BCUT2D eigenvalue weighted by molar-refractivity contribution is 9.10. The average molecular weight is 418 g/mol. The molecule has 5 heteroatoms. The maximum Gasteiger partial charge on any atom is 0.149 e. The molecule has 2 atom stereocenters. The summed E-state index contributed by atoms with van der Waals surface area (Å²) in [6.07, 6.45) is 2.67. The van der Waals surface area contributed by atoms with Crippen molar-refractivity contribution in [3.05, 3.63) is 64.3 Å². The van der Waals surface area contributed by atoms with E-state index in [4.69, 9.17) is 4.74 Å². The molecule has 2 unspecified atom stereocenters. The summed E-state index contributed by atoms with van der Waals surface area (Å²) in [7, 11) is 1.67. The van der Waals surface area contributed by atoms with Gasteiger partial charge >= 0.3 is 0 Å². The van der Waals surface area contributed by atoms with Crippen LogP contribution >= 0.6 is 27.7 Å². The number of benzene rings is 2. The molecule has 1 aliphatic rings. The number of ether oxygens (including phenoxy) is 1. The van der Waals surface area contributed by atoms with Crippen molar-refractivity contribution in [2.24, 2.45) is 0 Å². The van der Waals surface area contributed by atoms with Gasteiger partial charge < -0.3 is 9.64 Å². The molecule has 0 N–H and O–H groups in total. The first-order valence-corrected chi connectivity index (χ1v) is 10.1. The van der Waals surface area contributed by atoms with Gasteiger partial charge in [0.05, 0.1) is 0 Å². The molecule has 0 aromatic heterocycles. The smallest absolute Gasteiger partial charge is 0.149 e. The fourth-order valence-corrected chi connectivity index (χ4v) is 4.49. The van der Waals surface area contributed by atoms with E-state index in [1.54, 1.807) is 18.9 Å². The lowest BCUT2D eigenvalue weighted by atomic mass is 9.85. The van der Waals surface area contributed by atoms with Crippen molar-refractivity contribution in [1.82, 2.24) is 0 Å². The first-order valence-electron chi connectivity index (χ1n) is 8.13. The molecule has 0 aliphatic carbocycles. The van der Waals surface area contributed by atoms with E-state index >= 15 is 0 Å². The minimum absolute atomic E-state index is 0.126. The van der Waals surface area contributed by atoms with E-state index < -0.39 is 0 Å². The number of carbonyl (C=O) groups excluding carboxylic acids is 1. The van der Waals surface area contributed by atoms with E-state index in [1.807, 2.05) is 41.3 Å². The van der Waals surface area contributed by atoms with Crippen LogP contribution in [-0.4, -0.2) is 32.0 Å². The number of anilines is 1. The molecule has 25 heavy (non-hydrogen) atoms. The van der Waals surface area contributed by atoms with E-state index in [1.165, 1.54) is 10.5 Å². The average Bonchev–Trinajstić information content (AvgIpc) is 2.67. The first kappa shape index (κ1) is 18.3. The number of hydrogen-bond donors (Lipinski definition) is 0. The van der Waals surface area contributed by atoms with Crippen molar-refractivity contribution in [2.75, 3.05) is 24.8 Å². The zero-order chi connectivity index (χ0) is 17.8. The summed E-state index contributed by atoms with van der Waals surface area (Å²) < 4.78 is 6.83. The number of rotatable bonds is 4. The van der Waals surface area contributed by atoms with E-state index in [0.29, 0.717) is 5.70 Å².